The Balaban J connectivity index is 1.52. The predicted molar refractivity (Wildman–Crippen MR) is 90.4 cm³/mol. The van der Waals surface area contributed by atoms with E-state index in [1.54, 1.807) is 22.8 Å². The quantitative estimate of drug-likeness (QED) is 0.893. The Morgan fingerprint density at radius 1 is 1.32 bits per heavy atom. The fourth-order valence-electron chi connectivity index (χ4n) is 3.03. The van der Waals surface area contributed by atoms with E-state index >= 15 is 0 Å². The molecule has 0 bridgehead atoms. The highest BCUT2D eigenvalue weighted by molar-refractivity contribution is 5.98. The van der Waals surface area contributed by atoms with Crippen LogP contribution in [0.15, 0.2) is 30.3 Å². The maximum Gasteiger partial charge on any atom is 0.272 e. The summed E-state index contributed by atoms with van der Waals surface area (Å²) in [5.41, 5.74) is 1.73. The molecule has 4 rings (SSSR count). The summed E-state index contributed by atoms with van der Waals surface area (Å²) < 4.78 is 6.99. The normalized spacial score (nSPS) is 16.5. The first-order chi connectivity index (χ1) is 12.2. The van der Waals surface area contributed by atoms with E-state index in [1.807, 2.05) is 24.3 Å². The van der Waals surface area contributed by atoms with Gasteiger partial charge in [-0.2, -0.15) is 5.10 Å². The molecule has 7 nitrogen and oxygen atoms in total. The van der Waals surface area contributed by atoms with E-state index < -0.39 is 0 Å². The number of ether oxygens (including phenoxy) is 1. The van der Waals surface area contributed by atoms with Crippen LogP contribution in [0.3, 0.4) is 0 Å². The Bertz CT molecular complexity index is 825. The average molecular weight is 340 g/mol. The van der Waals surface area contributed by atoms with Crippen LogP contribution in [0.5, 0.6) is 5.75 Å². The third kappa shape index (κ3) is 3.09. The number of methoxy groups -OCH3 is 1. The number of hydrogen-bond donors (Lipinski definition) is 1. The standard InChI is InChI=1S/C18H20N4O3/c1-25-16-5-3-2-4-12(16)11-21-8-9-22-15(18(21)24)10-14(20-22)17(23)19-13-6-7-13/h2-5,10,13H,6-9,11H2,1H3,(H,19,23). The van der Waals surface area contributed by atoms with Gasteiger partial charge in [0.05, 0.1) is 13.7 Å². The van der Waals surface area contributed by atoms with Gasteiger partial charge in [0.2, 0.25) is 0 Å². The van der Waals surface area contributed by atoms with Crippen LogP contribution in [-0.4, -0.2) is 46.2 Å². The number of para-hydroxylation sites is 1. The van der Waals surface area contributed by atoms with Gasteiger partial charge in [0.25, 0.3) is 11.8 Å². The predicted octanol–water partition coefficient (Wildman–Crippen LogP) is 1.44. The Kier molecular flexibility index (Phi) is 3.91. The number of carbonyl (C=O) groups excluding carboxylic acids is 2. The van der Waals surface area contributed by atoms with E-state index in [-0.39, 0.29) is 17.9 Å². The van der Waals surface area contributed by atoms with Gasteiger partial charge in [-0.25, -0.2) is 0 Å². The largest absolute Gasteiger partial charge is 0.496 e. The zero-order chi connectivity index (χ0) is 17.4. The zero-order valence-corrected chi connectivity index (χ0v) is 14.1. The molecule has 1 aromatic heterocycles. The van der Waals surface area contributed by atoms with Crippen LogP contribution >= 0.6 is 0 Å². The Hall–Kier alpha value is -2.83. The van der Waals surface area contributed by atoms with Crippen molar-refractivity contribution < 1.29 is 14.3 Å². The lowest BCUT2D eigenvalue weighted by molar-refractivity contribution is 0.0681. The van der Waals surface area contributed by atoms with Gasteiger partial charge in [0.1, 0.15) is 11.4 Å². The van der Waals surface area contributed by atoms with Gasteiger partial charge in [-0.1, -0.05) is 18.2 Å². The highest BCUT2D eigenvalue weighted by Gasteiger charge is 2.30. The fourth-order valence-corrected chi connectivity index (χ4v) is 3.03. The first-order valence-corrected chi connectivity index (χ1v) is 8.45. The van der Waals surface area contributed by atoms with Gasteiger partial charge in [-0.05, 0) is 18.9 Å². The molecule has 0 unspecified atom stereocenters. The molecular weight excluding hydrogens is 320 g/mol. The van der Waals surface area contributed by atoms with Crippen molar-refractivity contribution in [1.82, 2.24) is 20.0 Å². The molecule has 0 spiro atoms. The number of carbonyl (C=O) groups is 2. The maximum absolute atomic E-state index is 12.8. The molecule has 130 valence electrons. The summed E-state index contributed by atoms with van der Waals surface area (Å²) in [6.07, 6.45) is 2.04. The third-order valence-electron chi connectivity index (χ3n) is 4.57. The number of aromatic nitrogens is 2. The van der Waals surface area contributed by atoms with E-state index in [2.05, 4.69) is 10.4 Å². The van der Waals surface area contributed by atoms with Crippen LogP contribution in [0.4, 0.5) is 0 Å². The van der Waals surface area contributed by atoms with E-state index in [9.17, 15) is 9.59 Å². The minimum absolute atomic E-state index is 0.116. The van der Waals surface area contributed by atoms with Crippen molar-refractivity contribution in [1.29, 1.82) is 0 Å². The fraction of sp³-hybridized carbons (Fsp3) is 0.389. The van der Waals surface area contributed by atoms with Gasteiger partial charge in [-0.15, -0.1) is 0 Å². The number of nitrogens with one attached hydrogen (secondary N) is 1. The van der Waals surface area contributed by atoms with Crippen molar-refractivity contribution in [3.63, 3.8) is 0 Å². The second-order valence-corrected chi connectivity index (χ2v) is 6.42. The first kappa shape index (κ1) is 15.7. The van der Waals surface area contributed by atoms with Crippen LogP contribution in [0, 0.1) is 0 Å². The van der Waals surface area contributed by atoms with Crippen molar-refractivity contribution in [3.8, 4) is 5.75 Å². The lowest BCUT2D eigenvalue weighted by Gasteiger charge is -2.28. The van der Waals surface area contributed by atoms with E-state index in [0.29, 0.717) is 31.0 Å². The number of nitrogens with zero attached hydrogens (tertiary/aromatic N) is 3. The van der Waals surface area contributed by atoms with Crippen LogP contribution in [-0.2, 0) is 13.1 Å². The SMILES string of the molecule is COc1ccccc1CN1CCn2nc(C(=O)NC3CC3)cc2C1=O. The first-order valence-electron chi connectivity index (χ1n) is 8.45. The monoisotopic (exact) mass is 340 g/mol. The lowest BCUT2D eigenvalue weighted by atomic mass is 10.1. The molecule has 1 N–H and O–H groups in total. The Labute approximate surface area is 145 Å². The molecule has 1 aliphatic carbocycles. The summed E-state index contributed by atoms with van der Waals surface area (Å²) in [7, 11) is 1.62. The number of amides is 2. The molecule has 2 aliphatic rings. The van der Waals surface area contributed by atoms with Crippen molar-refractivity contribution in [2.75, 3.05) is 13.7 Å². The molecule has 1 saturated carbocycles. The van der Waals surface area contributed by atoms with Crippen LogP contribution in [0.2, 0.25) is 0 Å². The van der Waals surface area contributed by atoms with Gasteiger partial charge in [-0.3, -0.25) is 14.3 Å². The third-order valence-corrected chi connectivity index (χ3v) is 4.57. The van der Waals surface area contributed by atoms with Crippen molar-refractivity contribution in [2.24, 2.45) is 0 Å². The second-order valence-electron chi connectivity index (χ2n) is 6.42. The van der Waals surface area contributed by atoms with Crippen LogP contribution in [0.1, 0.15) is 39.4 Å². The highest BCUT2D eigenvalue weighted by Crippen LogP contribution is 2.23. The molecule has 0 saturated heterocycles. The topological polar surface area (TPSA) is 76.5 Å². The average Bonchev–Trinajstić information content (AvgIpc) is 3.32. The van der Waals surface area contributed by atoms with Crippen LogP contribution < -0.4 is 10.1 Å². The molecule has 1 aromatic carbocycles. The summed E-state index contributed by atoms with van der Waals surface area (Å²) in [6, 6.07) is 9.52. The Morgan fingerprint density at radius 3 is 2.88 bits per heavy atom. The molecule has 2 amide bonds. The molecule has 0 atom stereocenters. The van der Waals surface area contributed by atoms with Gasteiger partial charge in [0.15, 0.2) is 5.69 Å². The molecule has 2 aromatic rings. The number of benzene rings is 1. The molecule has 7 heteroatoms. The van der Waals surface area contributed by atoms with E-state index in [0.717, 1.165) is 24.2 Å². The zero-order valence-electron chi connectivity index (χ0n) is 14.1. The second kappa shape index (κ2) is 6.23. The molecule has 1 fully saturated rings. The molecule has 1 aliphatic heterocycles. The molecular formula is C18H20N4O3. The minimum atomic E-state index is -0.200. The van der Waals surface area contributed by atoms with Crippen molar-refractivity contribution in [3.05, 3.63) is 47.3 Å². The van der Waals surface area contributed by atoms with Crippen LogP contribution in [0.25, 0.3) is 0 Å². The van der Waals surface area contributed by atoms with E-state index in [1.165, 1.54) is 0 Å². The van der Waals surface area contributed by atoms with Gasteiger partial charge in [0, 0.05) is 30.8 Å². The smallest absolute Gasteiger partial charge is 0.272 e. The van der Waals surface area contributed by atoms with E-state index in [4.69, 9.17) is 4.74 Å². The number of fused-ring (bicyclic) bond motifs is 1. The molecule has 0 radical (unpaired) electrons. The summed E-state index contributed by atoms with van der Waals surface area (Å²) in [5, 5.41) is 7.19. The van der Waals surface area contributed by atoms with Crippen molar-refractivity contribution in [2.45, 2.75) is 32.0 Å². The summed E-state index contributed by atoms with van der Waals surface area (Å²) >= 11 is 0. The lowest BCUT2D eigenvalue weighted by Crippen LogP contribution is -2.39. The summed E-state index contributed by atoms with van der Waals surface area (Å²) in [4.78, 5) is 26.7. The molecule has 2 heterocycles. The Morgan fingerprint density at radius 2 is 2.12 bits per heavy atom. The highest BCUT2D eigenvalue weighted by atomic mass is 16.5. The number of rotatable bonds is 5. The van der Waals surface area contributed by atoms with Crippen molar-refractivity contribution >= 4 is 11.8 Å². The summed E-state index contributed by atoms with van der Waals surface area (Å²) in [6.45, 7) is 1.60. The van der Waals surface area contributed by atoms with Gasteiger partial charge >= 0.3 is 0 Å². The minimum Gasteiger partial charge on any atom is -0.496 e. The maximum atomic E-state index is 12.8. The van der Waals surface area contributed by atoms with Gasteiger partial charge < -0.3 is 15.0 Å². The summed E-state index contributed by atoms with van der Waals surface area (Å²) in [5.74, 6) is 0.447. The molecule has 25 heavy (non-hydrogen) atoms. The number of hydrogen-bond acceptors (Lipinski definition) is 4.